The van der Waals surface area contributed by atoms with Crippen molar-refractivity contribution in [1.82, 2.24) is 45.0 Å². The van der Waals surface area contributed by atoms with Gasteiger partial charge in [0.1, 0.15) is 6.33 Å². The minimum atomic E-state index is -1.22. The number of tetrazole rings is 1. The van der Waals surface area contributed by atoms with Crippen LogP contribution < -0.4 is 10.6 Å². The van der Waals surface area contributed by atoms with Gasteiger partial charge in [0.15, 0.2) is 22.9 Å². The van der Waals surface area contributed by atoms with Crippen LogP contribution in [0, 0.1) is 0 Å². The number of aryl methyl sites for hydroxylation is 2. The fraction of sp³-hybridized carbons (Fsp3) is 0.100. The summed E-state index contributed by atoms with van der Waals surface area (Å²) in [6, 6.07) is 15.3. The van der Waals surface area contributed by atoms with E-state index in [4.69, 9.17) is 0 Å². The summed E-state index contributed by atoms with van der Waals surface area (Å²) in [4.78, 5) is 53.4. The van der Waals surface area contributed by atoms with Crippen LogP contribution in [0.4, 0.5) is 11.4 Å². The van der Waals surface area contributed by atoms with Crippen molar-refractivity contribution in [2.75, 3.05) is 10.6 Å². The van der Waals surface area contributed by atoms with E-state index in [0.717, 1.165) is 15.8 Å². The first-order valence-electron chi connectivity index (χ1n) is 14.0. The molecule has 0 unspecified atom stereocenters. The number of nitrogens with one attached hydrogen (secondary N) is 2. The summed E-state index contributed by atoms with van der Waals surface area (Å²) in [5.41, 5.74) is 1.83. The van der Waals surface area contributed by atoms with Crippen LogP contribution in [0.1, 0.15) is 59.2 Å². The molecule has 6 rings (SSSR count). The number of aromatic nitrogens is 9. The number of carboxylic acids is 2. The highest BCUT2D eigenvalue weighted by Gasteiger charge is 2.18. The largest absolute Gasteiger partial charge is 0.478 e. The highest BCUT2D eigenvalue weighted by molar-refractivity contribution is 6.07. The standard InChI is InChI=1S/C30H23N11O6/c42-27(21-8-10-25(35-34-21)40-13-12-31-16-40)32-23-14-17(4-6-19(23)29(44)45)2-1-3-18-5-7-20(30(46)47)24(15-18)33-28(43)22-9-11-26-36-38-39-41(26)37-22/h4-16H,1-3H2,(H,32,42)(H,33,43)(H,44,45)(H,46,47). The third kappa shape index (κ3) is 6.78. The molecule has 0 saturated carbocycles. The molecule has 4 aromatic heterocycles. The van der Waals surface area contributed by atoms with Crippen LogP contribution in [0.15, 0.2) is 79.4 Å². The quantitative estimate of drug-likeness (QED) is 0.161. The second-order valence-corrected chi connectivity index (χ2v) is 10.1. The Bertz CT molecular complexity index is 2130. The summed E-state index contributed by atoms with van der Waals surface area (Å²) in [7, 11) is 0. The van der Waals surface area contributed by atoms with E-state index in [1.54, 1.807) is 47.3 Å². The number of nitrogens with zero attached hydrogens (tertiary/aromatic N) is 9. The zero-order valence-electron chi connectivity index (χ0n) is 24.2. The van der Waals surface area contributed by atoms with Gasteiger partial charge in [-0.2, -0.15) is 0 Å². The van der Waals surface area contributed by atoms with Crippen LogP contribution in [0.25, 0.3) is 11.5 Å². The first kappa shape index (κ1) is 30.1. The summed E-state index contributed by atoms with van der Waals surface area (Å²) in [5, 5.41) is 47.5. The van der Waals surface area contributed by atoms with E-state index < -0.39 is 23.8 Å². The summed E-state index contributed by atoms with van der Waals surface area (Å²) < 4.78 is 2.70. The first-order valence-corrected chi connectivity index (χ1v) is 14.0. The lowest BCUT2D eigenvalue weighted by molar-refractivity contribution is 0.0687. The van der Waals surface area contributed by atoms with Crippen molar-refractivity contribution < 1.29 is 29.4 Å². The van der Waals surface area contributed by atoms with Gasteiger partial charge in [0.25, 0.3) is 11.8 Å². The highest BCUT2D eigenvalue weighted by atomic mass is 16.4. The van der Waals surface area contributed by atoms with Gasteiger partial charge in [-0.25, -0.2) is 14.6 Å². The smallest absolute Gasteiger partial charge is 0.337 e. The molecule has 0 spiro atoms. The molecule has 0 bridgehead atoms. The van der Waals surface area contributed by atoms with Gasteiger partial charge in [-0.1, -0.05) is 12.1 Å². The number of carboxylic acid groups (broad SMARTS) is 2. The maximum atomic E-state index is 12.9. The summed E-state index contributed by atoms with van der Waals surface area (Å²) in [6.07, 6.45) is 6.37. The molecule has 0 radical (unpaired) electrons. The molecule has 0 fully saturated rings. The Hall–Kier alpha value is -6.91. The maximum Gasteiger partial charge on any atom is 0.337 e. The number of fused-ring (bicyclic) bond motifs is 1. The van der Waals surface area contributed by atoms with E-state index in [9.17, 15) is 29.4 Å². The van der Waals surface area contributed by atoms with Crippen molar-refractivity contribution in [2.45, 2.75) is 19.3 Å². The number of hydrogen-bond donors (Lipinski definition) is 4. The predicted octanol–water partition coefficient (Wildman–Crippen LogP) is 2.57. The number of anilines is 2. The van der Waals surface area contributed by atoms with Gasteiger partial charge in [0.05, 0.1) is 22.5 Å². The average molecular weight is 634 g/mol. The number of aromatic carboxylic acids is 2. The predicted molar refractivity (Wildman–Crippen MR) is 162 cm³/mol. The van der Waals surface area contributed by atoms with Crippen LogP contribution in [-0.4, -0.2) is 79.0 Å². The molecule has 6 aromatic rings. The van der Waals surface area contributed by atoms with Gasteiger partial charge in [0.2, 0.25) is 0 Å². The number of carbonyl (C=O) groups is 4. The van der Waals surface area contributed by atoms with Gasteiger partial charge in [-0.3, -0.25) is 14.2 Å². The molecular weight excluding hydrogens is 610 g/mol. The SMILES string of the molecule is O=C(Nc1cc(CCCc2ccc(C(=O)O)c(NC(=O)c3ccc4nnnn4n3)c2)ccc1C(=O)O)c1ccc(-n2ccnc2)nn1. The molecule has 4 heterocycles. The van der Waals surface area contributed by atoms with Crippen molar-refractivity contribution in [3.05, 3.63) is 113 Å². The van der Waals surface area contributed by atoms with Crippen molar-refractivity contribution in [3.8, 4) is 5.82 Å². The molecule has 234 valence electrons. The Labute approximate surface area is 263 Å². The normalized spacial score (nSPS) is 10.9. The lowest BCUT2D eigenvalue weighted by atomic mass is 10.00. The minimum Gasteiger partial charge on any atom is -0.478 e. The number of carbonyl (C=O) groups excluding carboxylic acids is 2. The number of amides is 2. The van der Waals surface area contributed by atoms with Crippen molar-refractivity contribution >= 4 is 40.8 Å². The lowest BCUT2D eigenvalue weighted by Crippen LogP contribution is -2.18. The Morgan fingerprint density at radius 2 is 1.36 bits per heavy atom. The monoisotopic (exact) mass is 633 g/mol. The fourth-order valence-corrected chi connectivity index (χ4v) is 4.69. The molecule has 0 aliphatic heterocycles. The topological polar surface area (TPSA) is 232 Å². The highest BCUT2D eigenvalue weighted by Crippen LogP contribution is 2.23. The average Bonchev–Trinajstić information content (AvgIpc) is 3.77. The fourth-order valence-electron chi connectivity index (χ4n) is 4.69. The van der Waals surface area contributed by atoms with Crippen LogP contribution in [0.5, 0.6) is 0 Å². The minimum absolute atomic E-state index is 0.00459. The van der Waals surface area contributed by atoms with Crippen molar-refractivity contribution in [3.63, 3.8) is 0 Å². The molecule has 2 amide bonds. The Balaban J connectivity index is 1.13. The summed E-state index contributed by atoms with van der Waals surface area (Å²) in [5.74, 6) is -3.25. The first-order chi connectivity index (χ1) is 22.7. The molecule has 17 heteroatoms. The molecule has 47 heavy (non-hydrogen) atoms. The molecule has 0 atom stereocenters. The third-order valence-electron chi connectivity index (χ3n) is 7.01. The Morgan fingerprint density at radius 1 is 0.723 bits per heavy atom. The molecule has 2 aromatic carbocycles. The van der Waals surface area contributed by atoms with Gasteiger partial charge in [-0.05, 0) is 89.3 Å². The van der Waals surface area contributed by atoms with Gasteiger partial charge in [0, 0.05) is 12.4 Å². The van der Waals surface area contributed by atoms with Crippen LogP contribution in [0.3, 0.4) is 0 Å². The van der Waals surface area contributed by atoms with Crippen molar-refractivity contribution in [1.29, 1.82) is 0 Å². The summed E-state index contributed by atoms with van der Waals surface area (Å²) >= 11 is 0. The second kappa shape index (κ2) is 13.0. The van der Waals surface area contributed by atoms with E-state index in [0.29, 0.717) is 30.7 Å². The Kier molecular flexibility index (Phi) is 8.32. The van der Waals surface area contributed by atoms with E-state index in [-0.39, 0.29) is 33.9 Å². The molecule has 0 aliphatic carbocycles. The van der Waals surface area contributed by atoms with Crippen LogP contribution in [-0.2, 0) is 12.8 Å². The molecule has 4 N–H and O–H groups in total. The second-order valence-electron chi connectivity index (χ2n) is 10.1. The summed E-state index contributed by atoms with van der Waals surface area (Å²) in [6.45, 7) is 0. The van der Waals surface area contributed by atoms with Crippen LogP contribution in [0.2, 0.25) is 0 Å². The number of hydrogen-bond acceptors (Lipinski definition) is 11. The lowest BCUT2D eigenvalue weighted by Gasteiger charge is -2.12. The molecular formula is C30H23N11O6. The van der Waals surface area contributed by atoms with Crippen molar-refractivity contribution in [2.24, 2.45) is 0 Å². The number of imidazole rings is 1. The molecule has 0 aliphatic rings. The van der Waals surface area contributed by atoms with Crippen LogP contribution >= 0.6 is 0 Å². The van der Waals surface area contributed by atoms with E-state index in [1.807, 2.05) is 0 Å². The van der Waals surface area contributed by atoms with E-state index >= 15 is 0 Å². The molecule has 17 nitrogen and oxygen atoms in total. The molecule has 0 saturated heterocycles. The number of rotatable bonds is 11. The third-order valence-corrected chi connectivity index (χ3v) is 7.01. The Morgan fingerprint density at radius 3 is 1.94 bits per heavy atom. The van der Waals surface area contributed by atoms with E-state index in [1.165, 1.54) is 36.7 Å². The van der Waals surface area contributed by atoms with Gasteiger partial charge in [-0.15, -0.1) is 25.0 Å². The maximum absolute atomic E-state index is 12.9. The van der Waals surface area contributed by atoms with Gasteiger partial charge < -0.3 is 20.8 Å². The zero-order chi connectivity index (χ0) is 32.9. The number of benzene rings is 2. The van der Waals surface area contributed by atoms with E-state index in [2.05, 4.69) is 46.4 Å². The zero-order valence-corrected chi connectivity index (χ0v) is 24.2. The van der Waals surface area contributed by atoms with Gasteiger partial charge >= 0.3 is 11.9 Å².